The first-order valence-electron chi connectivity index (χ1n) is 4.89. The molecule has 0 aliphatic carbocycles. The van der Waals surface area contributed by atoms with E-state index in [-0.39, 0.29) is 11.2 Å². The van der Waals surface area contributed by atoms with Crippen molar-refractivity contribution in [2.45, 2.75) is 0 Å². The lowest BCUT2D eigenvalue weighted by molar-refractivity contribution is -0.385. The van der Waals surface area contributed by atoms with Gasteiger partial charge in [-0.1, -0.05) is 18.2 Å². The highest BCUT2D eigenvalue weighted by atomic mass is 16.6. The standard InChI is InChI=1S/C11H8BN3O2/c12-10-6-9(15(16)17)7-13-11(10)14-8-4-2-1-3-5-8/h1-7H,(H,13,14). The van der Waals surface area contributed by atoms with Crippen molar-refractivity contribution >= 4 is 30.5 Å². The summed E-state index contributed by atoms with van der Waals surface area (Å²) < 4.78 is 0. The zero-order chi connectivity index (χ0) is 12.3. The van der Waals surface area contributed by atoms with Crippen LogP contribution in [0.4, 0.5) is 17.2 Å². The molecule has 0 bridgehead atoms. The third-order valence-corrected chi connectivity index (χ3v) is 2.15. The van der Waals surface area contributed by atoms with Crippen LogP contribution >= 0.6 is 0 Å². The Bertz CT molecular complexity index is 546. The molecule has 5 nitrogen and oxygen atoms in total. The van der Waals surface area contributed by atoms with E-state index in [2.05, 4.69) is 10.3 Å². The molecule has 82 valence electrons. The Morgan fingerprint density at radius 2 is 2.00 bits per heavy atom. The molecule has 0 amide bonds. The van der Waals surface area contributed by atoms with Gasteiger partial charge in [-0.15, -0.1) is 0 Å². The molecule has 17 heavy (non-hydrogen) atoms. The second kappa shape index (κ2) is 4.65. The maximum absolute atomic E-state index is 10.5. The number of pyridine rings is 1. The smallest absolute Gasteiger partial charge is 0.287 e. The third-order valence-electron chi connectivity index (χ3n) is 2.15. The number of nitro groups is 1. The Labute approximate surface area is 99.1 Å². The molecular formula is C11H8BN3O2. The lowest BCUT2D eigenvalue weighted by atomic mass is 9.96. The molecule has 0 aliphatic rings. The normalized spacial score (nSPS) is 9.88. The fourth-order valence-corrected chi connectivity index (χ4v) is 1.33. The molecule has 1 aromatic heterocycles. The zero-order valence-electron chi connectivity index (χ0n) is 8.83. The quantitative estimate of drug-likeness (QED) is 0.488. The van der Waals surface area contributed by atoms with Crippen LogP contribution in [-0.2, 0) is 0 Å². The highest BCUT2D eigenvalue weighted by molar-refractivity contribution is 6.35. The van der Waals surface area contributed by atoms with Gasteiger partial charge in [0.2, 0.25) is 0 Å². The van der Waals surface area contributed by atoms with Crippen molar-refractivity contribution in [1.29, 1.82) is 0 Å². The van der Waals surface area contributed by atoms with Crippen LogP contribution in [-0.4, -0.2) is 17.8 Å². The maximum atomic E-state index is 10.5. The fourth-order valence-electron chi connectivity index (χ4n) is 1.33. The van der Waals surface area contributed by atoms with Gasteiger partial charge in [0, 0.05) is 11.8 Å². The summed E-state index contributed by atoms with van der Waals surface area (Å²) in [6.45, 7) is 0. The van der Waals surface area contributed by atoms with E-state index in [0.29, 0.717) is 5.82 Å². The summed E-state index contributed by atoms with van der Waals surface area (Å²) in [5.74, 6) is 0.404. The second-order valence-corrected chi connectivity index (χ2v) is 3.38. The zero-order valence-corrected chi connectivity index (χ0v) is 8.83. The maximum Gasteiger partial charge on any atom is 0.287 e. The van der Waals surface area contributed by atoms with Crippen molar-refractivity contribution in [3.63, 3.8) is 0 Å². The van der Waals surface area contributed by atoms with Crippen molar-refractivity contribution in [1.82, 2.24) is 4.98 Å². The molecule has 0 atom stereocenters. The fraction of sp³-hybridized carbons (Fsp3) is 0. The van der Waals surface area contributed by atoms with Crippen molar-refractivity contribution in [3.05, 3.63) is 52.7 Å². The van der Waals surface area contributed by atoms with Crippen LogP contribution in [0.3, 0.4) is 0 Å². The largest absolute Gasteiger partial charge is 0.341 e. The molecule has 1 heterocycles. The molecule has 0 unspecified atom stereocenters. The topological polar surface area (TPSA) is 68.1 Å². The highest BCUT2D eigenvalue weighted by Crippen LogP contribution is 2.14. The summed E-state index contributed by atoms with van der Waals surface area (Å²) in [6.07, 6.45) is 1.17. The average molecular weight is 225 g/mol. The van der Waals surface area contributed by atoms with Gasteiger partial charge in [-0.05, 0) is 17.6 Å². The number of hydrogen-bond donors (Lipinski definition) is 1. The van der Waals surface area contributed by atoms with Crippen LogP contribution in [0, 0.1) is 10.1 Å². The molecule has 0 saturated heterocycles. The number of benzene rings is 1. The van der Waals surface area contributed by atoms with E-state index in [1.54, 1.807) is 0 Å². The molecule has 2 rings (SSSR count). The number of para-hydroxylation sites is 1. The summed E-state index contributed by atoms with van der Waals surface area (Å²) in [5.41, 5.74) is 0.935. The summed E-state index contributed by atoms with van der Waals surface area (Å²) in [5, 5.41) is 13.5. The summed E-state index contributed by atoms with van der Waals surface area (Å²) in [7, 11) is 5.68. The Morgan fingerprint density at radius 3 is 2.59 bits per heavy atom. The Kier molecular flexibility index (Phi) is 3.04. The number of rotatable bonds is 3. The first kappa shape index (κ1) is 11.1. The number of anilines is 2. The predicted molar refractivity (Wildman–Crippen MR) is 66.0 cm³/mol. The van der Waals surface area contributed by atoms with E-state index >= 15 is 0 Å². The van der Waals surface area contributed by atoms with Gasteiger partial charge < -0.3 is 5.32 Å². The van der Waals surface area contributed by atoms with E-state index in [4.69, 9.17) is 7.85 Å². The minimum atomic E-state index is -0.532. The van der Waals surface area contributed by atoms with Gasteiger partial charge in [-0.25, -0.2) is 4.98 Å². The number of aromatic nitrogens is 1. The first-order valence-corrected chi connectivity index (χ1v) is 4.89. The molecule has 6 heteroatoms. The Hall–Kier alpha value is -2.37. The van der Waals surface area contributed by atoms with E-state index in [1.165, 1.54) is 12.3 Å². The van der Waals surface area contributed by atoms with Gasteiger partial charge >= 0.3 is 0 Å². The van der Waals surface area contributed by atoms with Crippen LogP contribution in [0.1, 0.15) is 0 Å². The van der Waals surface area contributed by atoms with Gasteiger partial charge in [0.25, 0.3) is 5.69 Å². The molecule has 0 aliphatic heterocycles. The van der Waals surface area contributed by atoms with Gasteiger partial charge in [-0.2, -0.15) is 0 Å². The van der Waals surface area contributed by atoms with E-state index in [9.17, 15) is 10.1 Å². The van der Waals surface area contributed by atoms with Crippen LogP contribution in [0.5, 0.6) is 0 Å². The molecule has 2 aromatic rings. The van der Waals surface area contributed by atoms with Crippen molar-refractivity contribution < 1.29 is 4.92 Å². The summed E-state index contributed by atoms with van der Waals surface area (Å²) in [4.78, 5) is 13.9. The molecule has 0 spiro atoms. The van der Waals surface area contributed by atoms with E-state index in [1.807, 2.05) is 30.3 Å². The lowest BCUT2D eigenvalue weighted by Gasteiger charge is -2.07. The van der Waals surface area contributed by atoms with Crippen LogP contribution in [0.15, 0.2) is 42.6 Å². The number of hydrogen-bond acceptors (Lipinski definition) is 4. The van der Waals surface area contributed by atoms with Gasteiger partial charge in [0.1, 0.15) is 19.9 Å². The molecule has 1 aromatic carbocycles. The van der Waals surface area contributed by atoms with Gasteiger partial charge in [0.05, 0.1) is 4.92 Å². The van der Waals surface area contributed by atoms with Crippen molar-refractivity contribution in [3.8, 4) is 0 Å². The molecule has 2 radical (unpaired) electrons. The Balaban J connectivity index is 2.26. The molecular weight excluding hydrogens is 217 g/mol. The van der Waals surface area contributed by atoms with Crippen molar-refractivity contribution in [2.24, 2.45) is 0 Å². The number of nitrogens with one attached hydrogen (secondary N) is 1. The van der Waals surface area contributed by atoms with Crippen LogP contribution in [0.2, 0.25) is 0 Å². The highest BCUT2D eigenvalue weighted by Gasteiger charge is 2.08. The second-order valence-electron chi connectivity index (χ2n) is 3.38. The van der Waals surface area contributed by atoms with E-state index < -0.39 is 4.92 Å². The van der Waals surface area contributed by atoms with E-state index in [0.717, 1.165) is 5.69 Å². The SMILES string of the molecule is [B]c1cc([N+](=O)[O-])cnc1Nc1ccccc1. The molecule has 0 fully saturated rings. The summed E-state index contributed by atoms with van der Waals surface area (Å²) in [6, 6.07) is 10.6. The van der Waals surface area contributed by atoms with Gasteiger partial charge in [-0.3, -0.25) is 10.1 Å². The third kappa shape index (κ3) is 2.60. The molecule has 1 N–H and O–H groups in total. The summed E-state index contributed by atoms with van der Waals surface area (Å²) >= 11 is 0. The first-order chi connectivity index (χ1) is 8.16. The minimum Gasteiger partial charge on any atom is -0.341 e. The monoisotopic (exact) mass is 225 g/mol. The lowest BCUT2D eigenvalue weighted by Crippen LogP contribution is -2.12. The van der Waals surface area contributed by atoms with Gasteiger partial charge in [0.15, 0.2) is 0 Å². The molecule has 0 saturated carbocycles. The van der Waals surface area contributed by atoms with Crippen LogP contribution < -0.4 is 10.8 Å². The average Bonchev–Trinajstić information content (AvgIpc) is 2.33. The number of nitrogens with zero attached hydrogens (tertiary/aromatic N) is 2. The van der Waals surface area contributed by atoms with Crippen molar-refractivity contribution in [2.75, 3.05) is 5.32 Å². The Morgan fingerprint density at radius 1 is 1.29 bits per heavy atom. The van der Waals surface area contributed by atoms with Crippen LogP contribution in [0.25, 0.3) is 0 Å². The minimum absolute atomic E-state index is 0.124. The predicted octanol–water partition coefficient (Wildman–Crippen LogP) is 1.53.